The minimum Gasteiger partial charge on any atom is -0.381 e. The van der Waals surface area contributed by atoms with E-state index in [2.05, 4.69) is 0 Å². The number of halogens is 5. The third-order valence-corrected chi connectivity index (χ3v) is 6.85. The summed E-state index contributed by atoms with van der Waals surface area (Å²) in [6.45, 7) is 3.93. The van der Waals surface area contributed by atoms with Crippen LogP contribution in [0.1, 0.15) is 34.8 Å². The van der Waals surface area contributed by atoms with Gasteiger partial charge in [-0.3, -0.25) is 4.79 Å². The summed E-state index contributed by atoms with van der Waals surface area (Å²) in [4.78, 5) is 16.4. The number of carbonyl (C=O) groups excluding carboxylic acids is 1. The van der Waals surface area contributed by atoms with Crippen molar-refractivity contribution in [3.8, 4) is 6.07 Å². The first-order chi connectivity index (χ1) is 16.6. The molecular weight excluding hydrogens is 469 g/mol. The molecule has 2 heterocycles. The number of piperidine rings is 1. The van der Waals surface area contributed by atoms with Crippen LogP contribution in [-0.2, 0) is 10.9 Å². The number of likely N-dealkylation sites (tertiary alicyclic amines) is 1. The van der Waals surface area contributed by atoms with Gasteiger partial charge in [0.1, 0.15) is 11.6 Å². The van der Waals surface area contributed by atoms with E-state index >= 15 is 0 Å². The lowest BCUT2D eigenvalue weighted by Gasteiger charge is -2.43. The lowest BCUT2D eigenvalue weighted by atomic mass is 9.73. The summed E-state index contributed by atoms with van der Waals surface area (Å²) >= 11 is 0. The molecule has 0 N–H and O–H groups in total. The SMILES string of the molecule is CCOC[C@]12CN(C(=O)c3cc(F)cc(F)c3)CC[C@H]1CN(c1ccc(C#N)c(C(F)(F)F)c1)C2. The predicted molar refractivity (Wildman–Crippen MR) is 118 cm³/mol. The molecule has 0 unspecified atom stereocenters. The largest absolute Gasteiger partial charge is 0.417 e. The van der Waals surface area contributed by atoms with Gasteiger partial charge in [-0.25, -0.2) is 8.78 Å². The first kappa shape index (κ1) is 24.9. The van der Waals surface area contributed by atoms with Crippen LogP contribution in [0.3, 0.4) is 0 Å². The molecule has 35 heavy (non-hydrogen) atoms. The third-order valence-electron chi connectivity index (χ3n) is 6.85. The molecule has 0 spiro atoms. The number of nitrogens with zero attached hydrogens (tertiary/aromatic N) is 3. The van der Waals surface area contributed by atoms with E-state index in [0.29, 0.717) is 44.4 Å². The van der Waals surface area contributed by atoms with Gasteiger partial charge in [0.05, 0.1) is 23.8 Å². The highest BCUT2D eigenvalue weighted by Gasteiger charge is 2.51. The molecule has 2 aliphatic rings. The van der Waals surface area contributed by atoms with Crippen LogP contribution < -0.4 is 4.90 Å². The summed E-state index contributed by atoms with van der Waals surface area (Å²) in [5.41, 5.74) is -1.75. The molecule has 0 aliphatic carbocycles. The number of hydrogen-bond donors (Lipinski definition) is 0. The highest BCUT2D eigenvalue weighted by molar-refractivity contribution is 5.94. The summed E-state index contributed by atoms with van der Waals surface area (Å²) in [6, 6.07) is 7.92. The first-order valence-electron chi connectivity index (χ1n) is 11.3. The van der Waals surface area contributed by atoms with Crippen LogP contribution >= 0.6 is 0 Å². The predicted octanol–water partition coefficient (Wildman–Crippen LogP) is 4.86. The topological polar surface area (TPSA) is 56.6 Å². The quantitative estimate of drug-likeness (QED) is 0.559. The number of benzene rings is 2. The number of nitriles is 1. The lowest BCUT2D eigenvalue weighted by molar-refractivity contribution is -0.137. The van der Waals surface area contributed by atoms with Crippen LogP contribution in [0.4, 0.5) is 27.6 Å². The van der Waals surface area contributed by atoms with Crippen LogP contribution in [-0.4, -0.2) is 50.2 Å². The highest BCUT2D eigenvalue weighted by Crippen LogP contribution is 2.45. The Morgan fingerprint density at radius 2 is 1.89 bits per heavy atom. The van der Waals surface area contributed by atoms with E-state index in [1.807, 2.05) is 11.8 Å². The zero-order valence-corrected chi connectivity index (χ0v) is 19.0. The van der Waals surface area contributed by atoms with Gasteiger partial charge in [-0.2, -0.15) is 18.4 Å². The molecule has 0 saturated carbocycles. The van der Waals surface area contributed by atoms with Gasteiger partial charge in [-0.05, 0) is 49.6 Å². The molecule has 2 saturated heterocycles. The molecule has 2 atom stereocenters. The third kappa shape index (κ3) is 4.96. The fraction of sp³-hybridized carbons (Fsp3) is 0.440. The van der Waals surface area contributed by atoms with E-state index < -0.39 is 40.3 Å². The Hall–Kier alpha value is -3.19. The summed E-state index contributed by atoms with van der Waals surface area (Å²) < 4.78 is 73.6. The summed E-state index contributed by atoms with van der Waals surface area (Å²) in [6.07, 6.45) is -4.10. The van der Waals surface area contributed by atoms with Gasteiger partial charge in [0.15, 0.2) is 0 Å². The second kappa shape index (κ2) is 9.46. The van der Waals surface area contributed by atoms with E-state index in [-0.39, 0.29) is 24.6 Å². The molecule has 2 fully saturated rings. The molecule has 1 amide bonds. The van der Waals surface area contributed by atoms with E-state index in [1.165, 1.54) is 17.0 Å². The fourth-order valence-corrected chi connectivity index (χ4v) is 5.19. The van der Waals surface area contributed by atoms with Gasteiger partial charge in [0.2, 0.25) is 0 Å². The Bertz CT molecular complexity index is 1140. The van der Waals surface area contributed by atoms with Crippen LogP contribution in [0.2, 0.25) is 0 Å². The highest BCUT2D eigenvalue weighted by atomic mass is 19.4. The average molecular weight is 493 g/mol. The number of ether oxygens (including phenoxy) is 1. The van der Waals surface area contributed by atoms with Crippen molar-refractivity contribution in [2.75, 3.05) is 44.3 Å². The van der Waals surface area contributed by atoms with Crippen molar-refractivity contribution in [2.24, 2.45) is 11.3 Å². The fourth-order valence-electron chi connectivity index (χ4n) is 5.19. The Morgan fingerprint density at radius 3 is 2.51 bits per heavy atom. The molecule has 0 bridgehead atoms. The Balaban J connectivity index is 1.62. The average Bonchev–Trinajstić information content (AvgIpc) is 3.19. The maximum absolute atomic E-state index is 13.7. The molecule has 2 aliphatic heterocycles. The van der Waals surface area contributed by atoms with E-state index in [4.69, 9.17) is 10.00 Å². The first-order valence-corrected chi connectivity index (χ1v) is 11.3. The lowest BCUT2D eigenvalue weighted by Crippen LogP contribution is -2.53. The summed E-state index contributed by atoms with van der Waals surface area (Å²) in [7, 11) is 0. The van der Waals surface area contributed by atoms with Gasteiger partial charge in [0, 0.05) is 55.5 Å². The van der Waals surface area contributed by atoms with Crippen molar-refractivity contribution in [1.29, 1.82) is 5.26 Å². The molecule has 186 valence electrons. The van der Waals surface area contributed by atoms with Crippen molar-refractivity contribution in [3.05, 3.63) is 64.7 Å². The molecule has 4 rings (SSSR count). The Kier molecular flexibility index (Phi) is 6.73. The van der Waals surface area contributed by atoms with Crippen molar-refractivity contribution < 1.29 is 31.5 Å². The van der Waals surface area contributed by atoms with Gasteiger partial charge in [-0.1, -0.05) is 0 Å². The van der Waals surface area contributed by atoms with Crippen molar-refractivity contribution in [2.45, 2.75) is 19.5 Å². The van der Waals surface area contributed by atoms with Crippen molar-refractivity contribution in [3.63, 3.8) is 0 Å². The van der Waals surface area contributed by atoms with Crippen molar-refractivity contribution in [1.82, 2.24) is 4.90 Å². The maximum atomic E-state index is 13.7. The molecule has 0 aromatic heterocycles. The van der Waals surface area contributed by atoms with Crippen LogP contribution in [0.5, 0.6) is 0 Å². The zero-order chi connectivity index (χ0) is 25.4. The zero-order valence-electron chi connectivity index (χ0n) is 19.0. The number of carbonyl (C=O) groups is 1. The maximum Gasteiger partial charge on any atom is 0.417 e. The van der Waals surface area contributed by atoms with Gasteiger partial charge in [-0.15, -0.1) is 0 Å². The number of hydrogen-bond acceptors (Lipinski definition) is 4. The molecular formula is C25H24F5N3O2. The van der Waals surface area contributed by atoms with Gasteiger partial charge >= 0.3 is 6.18 Å². The number of anilines is 1. The summed E-state index contributed by atoms with van der Waals surface area (Å²) in [5.74, 6) is -2.16. The number of alkyl halides is 3. The van der Waals surface area contributed by atoms with Crippen LogP contribution in [0, 0.1) is 34.3 Å². The minimum absolute atomic E-state index is 0.0346. The molecule has 5 nitrogen and oxygen atoms in total. The summed E-state index contributed by atoms with van der Waals surface area (Å²) in [5, 5.41) is 9.09. The Labute approximate surface area is 199 Å². The monoisotopic (exact) mass is 493 g/mol. The molecule has 10 heteroatoms. The van der Waals surface area contributed by atoms with Crippen molar-refractivity contribution >= 4 is 11.6 Å². The molecule has 0 radical (unpaired) electrons. The molecule has 2 aromatic carbocycles. The Morgan fingerprint density at radius 1 is 1.17 bits per heavy atom. The van der Waals surface area contributed by atoms with E-state index in [0.717, 1.165) is 18.2 Å². The van der Waals surface area contributed by atoms with Gasteiger partial charge < -0.3 is 14.5 Å². The second-order valence-corrected chi connectivity index (χ2v) is 9.09. The second-order valence-electron chi connectivity index (χ2n) is 9.09. The minimum atomic E-state index is -4.67. The normalized spacial score (nSPS) is 22.1. The standard InChI is InChI=1S/C25H24F5N3O2/c1-2-35-15-24-13-32(23(34)17-7-19(26)9-20(27)8-17)6-5-18(24)12-33(14-24)21-4-3-16(11-31)22(10-21)25(28,29)30/h3-4,7-10,18H,2,5-6,12-15H2,1H3/t18-,24+/m0/s1. The number of amides is 1. The van der Waals surface area contributed by atoms with Crippen LogP contribution in [0.15, 0.2) is 36.4 Å². The van der Waals surface area contributed by atoms with E-state index in [9.17, 15) is 26.7 Å². The number of rotatable bonds is 5. The molecule has 2 aromatic rings. The number of fused-ring (bicyclic) bond motifs is 1. The van der Waals surface area contributed by atoms with Crippen LogP contribution in [0.25, 0.3) is 0 Å². The smallest absolute Gasteiger partial charge is 0.381 e. The van der Waals surface area contributed by atoms with E-state index in [1.54, 1.807) is 6.07 Å². The van der Waals surface area contributed by atoms with Gasteiger partial charge in [0.25, 0.3) is 5.91 Å².